The normalized spacial score (nSPS) is 10.9. The van der Waals surface area contributed by atoms with Gasteiger partial charge >= 0.3 is 0 Å². The molecule has 0 aliphatic heterocycles. The fraction of sp³-hybridized carbons (Fsp3) is 0.200. The van der Waals surface area contributed by atoms with Crippen LogP contribution in [0.15, 0.2) is 47.2 Å². The Morgan fingerprint density at radius 1 is 1.33 bits per heavy atom. The van der Waals surface area contributed by atoms with Crippen molar-refractivity contribution in [3.05, 3.63) is 53.6 Å². The highest BCUT2D eigenvalue weighted by molar-refractivity contribution is 6.35. The van der Waals surface area contributed by atoms with E-state index in [4.69, 9.17) is 16.0 Å². The van der Waals surface area contributed by atoms with E-state index in [-0.39, 0.29) is 5.91 Å². The van der Waals surface area contributed by atoms with Crippen LogP contribution in [0.1, 0.15) is 17.0 Å². The second-order valence-electron chi connectivity index (χ2n) is 4.63. The fourth-order valence-electron chi connectivity index (χ4n) is 2.17. The Kier molecular flexibility index (Phi) is 3.92. The summed E-state index contributed by atoms with van der Waals surface area (Å²) in [7, 11) is 0. The summed E-state index contributed by atoms with van der Waals surface area (Å²) in [5.41, 5.74) is 1.000. The number of fused-ring (bicyclic) bond motifs is 1. The van der Waals surface area contributed by atoms with Gasteiger partial charge in [-0.15, -0.1) is 0 Å². The highest BCUT2D eigenvalue weighted by Crippen LogP contribution is 2.22. The van der Waals surface area contributed by atoms with Crippen molar-refractivity contribution in [2.45, 2.75) is 13.0 Å². The van der Waals surface area contributed by atoms with Crippen LogP contribution in [0.2, 0.25) is 5.02 Å². The number of furan rings is 1. The van der Waals surface area contributed by atoms with E-state index < -0.39 is 0 Å². The molecule has 6 heteroatoms. The van der Waals surface area contributed by atoms with E-state index in [0.29, 0.717) is 23.9 Å². The number of nitrogens with one attached hydrogen (secondary N) is 1. The predicted molar refractivity (Wildman–Crippen MR) is 80.4 cm³/mol. The first-order chi connectivity index (χ1) is 10.3. The van der Waals surface area contributed by atoms with Gasteiger partial charge in [0.05, 0.1) is 23.0 Å². The maximum atomic E-state index is 11.7. The molecule has 0 unspecified atom stereocenters. The van der Waals surface area contributed by atoms with Gasteiger partial charge in [0.25, 0.3) is 5.91 Å². The zero-order valence-electron chi connectivity index (χ0n) is 11.3. The molecule has 2 heterocycles. The Morgan fingerprint density at radius 2 is 2.24 bits per heavy atom. The summed E-state index contributed by atoms with van der Waals surface area (Å²) >= 11 is 6.11. The summed E-state index contributed by atoms with van der Waals surface area (Å²) in [6, 6.07) is 9.06. The zero-order valence-corrected chi connectivity index (χ0v) is 12.0. The molecule has 0 fully saturated rings. The molecule has 0 radical (unpaired) electrons. The highest BCUT2D eigenvalue weighted by Gasteiger charge is 2.08. The number of carbonyl (C=O) groups excluding carboxylic acids is 1. The third-order valence-electron chi connectivity index (χ3n) is 3.21. The van der Waals surface area contributed by atoms with Crippen LogP contribution in [0.5, 0.6) is 0 Å². The SMILES string of the molecule is O=C(NCCCn1ncc2c(Cl)cccc21)c1ccco1. The topological polar surface area (TPSA) is 60.1 Å². The summed E-state index contributed by atoms with van der Waals surface area (Å²) in [5, 5.41) is 8.77. The Hall–Kier alpha value is -2.27. The molecule has 0 bridgehead atoms. The van der Waals surface area contributed by atoms with Gasteiger partial charge in [-0.1, -0.05) is 17.7 Å². The molecular weight excluding hydrogens is 290 g/mol. The smallest absolute Gasteiger partial charge is 0.286 e. The van der Waals surface area contributed by atoms with Crippen molar-refractivity contribution in [1.29, 1.82) is 0 Å². The minimum absolute atomic E-state index is 0.201. The molecule has 5 nitrogen and oxygen atoms in total. The summed E-state index contributed by atoms with van der Waals surface area (Å²) in [5.74, 6) is 0.125. The van der Waals surface area contributed by atoms with Crippen LogP contribution < -0.4 is 5.32 Å². The van der Waals surface area contributed by atoms with Crippen molar-refractivity contribution in [2.75, 3.05) is 6.54 Å². The van der Waals surface area contributed by atoms with Gasteiger partial charge in [-0.2, -0.15) is 5.10 Å². The van der Waals surface area contributed by atoms with Gasteiger partial charge in [-0.05, 0) is 30.7 Å². The predicted octanol–water partition coefficient (Wildman–Crippen LogP) is 3.10. The Labute approximate surface area is 126 Å². The van der Waals surface area contributed by atoms with Gasteiger partial charge in [0.15, 0.2) is 5.76 Å². The number of hydrogen-bond acceptors (Lipinski definition) is 3. The van der Waals surface area contributed by atoms with Gasteiger partial charge in [-0.3, -0.25) is 9.48 Å². The molecule has 0 aliphatic carbocycles. The lowest BCUT2D eigenvalue weighted by Crippen LogP contribution is -2.24. The molecule has 0 spiro atoms. The van der Waals surface area contributed by atoms with E-state index in [1.54, 1.807) is 18.3 Å². The molecule has 108 valence electrons. The highest BCUT2D eigenvalue weighted by atomic mass is 35.5. The number of benzene rings is 1. The first-order valence-corrected chi connectivity index (χ1v) is 7.05. The van der Waals surface area contributed by atoms with Crippen LogP contribution in [0.4, 0.5) is 0 Å². The molecule has 1 amide bonds. The number of aryl methyl sites for hydroxylation is 1. The molecular formula is C15H14ClN3O2. The van der Waals surface area contributed by atoms with Crippen LogP contribution in [0, 0.1) is 0 Å². The van der Waals surface area contributed by atoms with Crippen LogP contribution >= 0.6 is 11.6 Å². The van der Waals surface area contributed by atoms with E-state index in [2.05, 4.69) is 10.4 Å². The largest absolute Gasteiger partial charge is 0.459 e. The van der Waals surface area contributed by atoms with Gasteiger partial charge in [0.1, 0.15) is 0 Å². The van der Waals surface area contributed by atoms with E-state index in [1.165, 1.54) is 6.26 Å². The first kappa shape index (κ1) is 13.7. The quantitative estimate of drug-likeness (QED) is 0.737. The van der Waals surface area contributed by atoms with Gasteiger partial charge in [0, 0.05) is 18.5 Å². The van der Waals surface area contributed by atoms with Crippen molar-refractivity contribution < 1.29 is 9.21 Å². The Morgan fingerprint density at radius 3 is 3.05 bits per heavy atom. The van der Waals surface area contributed by atoms with Crippen LogP contribution in [0.25, 0.3) is 10.9 Å². The summed E-state index contributed by atoms with van der Waals surface area (Å²) in [6.07, 6.45) is 4.02. The van der Waals surface area contributed by atoms with Gasteiger partial charge in [0.2, 0.25) is 0 Å². The second-order valence-corrected chi connectivity index (χ2v) is 5.03. The van der Waals surface area contributed by atoms with Crippen LogP contribution in [0.3, 0.4) is 0 Å². The van der Waals surface area contributed by atoms with Crippen molar-refractivity contribution in [3.8, 4) is 0 Å². The average molecular weight is 304 g/mol. The minimum atomic E-state index is -0.201. The number of rotatable bonds is 5. The summed E-state index contributed by atoms with van der Waals surface area (Å²) < 4.78 is 6.91. The molecule has 0 saturated heterocycles. The number of aromatic nitrogens is 2. The third-order valence-corrected chi connectivity index (χ3v) is 3.54. The Balaban J connectivity index is 1.55. The molecule has 3 rings (SSSR count). The van der Waals surface area contributed by atoms with Crippen molar-refractivity contribution in [3.63, 3.8) is 0 Å². The molecule has 1 N–H and O–H groups in total. The monoisotopic (exact) mass is 303 g/mol. The number of amides is 1. The number of nitrogens with zero attached hydrogens (tertiary/aromatic N) is 2. The Bertz CT molecular complexity index is 749. The van der Waals surface area contributed by atoms with E-state index in [0.717, 1.165) is 17.3 Å². The average Bonchev–Trinajstić information content (AvgIpc) is 3.14. The fourth-order valence-corrected chi connectivity index (χ4v) is 2.39. The molecule has 21 heavy (non-hydrogen) atoms. The van der Waals surface area contributed by atoms with E-state index in [9.17, 15) is 4.79 Å². The van der Waals surface area contributed by atoms with Crippen LogP contribution in [-0.2, 0) is 6.54 Å². The minimum Gasteiger partial charge on any atom is -0.459 e. The second kappa shape index (κ2) is 6.01. The van der Waals surface area contributed by atoms with Gasteiger partial charge in [-0.25, -0.2) is 0 Å². The maximum Gasteiger partial charge on any atom is 0.286 e. The lowest BCUT2D eigenvalue weighted by Gasteiger charge is -2.05. The molecule has 2 aromatic heterocycles. The molecule has 0 aliphatic rings. The van der Waals surface area contributed by atoms with Crippen molar-refractivity contribution >= 4 is 28.4 Å². The summed E-state index contributed by atoms with van der Waals surface area (Å²) in [4.78, 5) is 11.7. The van der Waals surface area contributed by atoms with E-state index in [1.807, 2.05) is 22.9 Å². The summed E-state index contributed by atoms with van der Waals surface area (Å²) in [6.45, 7) is 1.27. The number of halogens is 1. The van der Waals surface area contributed by atoms with Crippen molar-refractivity contribution in [2.24, 2.45) is 0 Å². The number of carbonyl (C=O) groups is 1. The lowest BCUT2D eigenvalue weighted by molar-refractivity contribution is 0.0925. The molecule has 0 saturated carbocycles. The van der Waals surface area contributed by atoms with E-state index >= 15 is 0 Å². The first-order valence-electron chi connectivity index (χ1n) is 6.67. The van der Waals surface area contributed by atoms with Crippen molar-refractivity contribution in [1.82, 2.24) is 15.1 Å². The van der Waals surface area contributed by atoms with Gasteiger partial charge < -0.3 is 9.73 Å². The number of hydrogen-bond donors (Lipinski definition) is 1. The third kappa shape index (κ3) is 2.92. The standard InChI is InChI=1S/C15H14ClN3O2/c16-12-4-1-5-13-11(12)10-18-19(13)8-3-7-17-15(20)14-6-2-9-21-14/h1-2,4-6,9-10H,3,7-8H2,(H,17,20). The lowest BCUT2D eigenvalue weighted by atomic mass is 10.2. The van der Waals surface area contributed by atoms with Crippen LogP contribution in [-0.4, -0.2) is 22.2 Å². The zero-order chi connectivity index (χ0) is 14.7. The molecule has 3 aromatic rings. The molecule has 1 aromatic carbocycles. The molecule has 0 atom stereocenters. The maximum absolute atomic E-state index is 11.7.